The number of hydrogen-bond donors (Lipinski definition) is 0. The van der Waals surface area contributed by atoms with Crippen LogP contribution in [0.4, 0.5) is 0 Å². The van der Waals surface area contributed by atoms with Crippen molar-refractivity contribution < 1.29 is 14.2 Å². The number of fused-ring (bicyclic) bond motifs is 2. The van der Waals surface area contributed by atoms with Gasteiger partial charge in [0.15, 0.2) is 11.5 Å². The van der Waals surface area contributed by atoms with Crippen LogP contribution in [-0.4, -0.2) is 6.79 Å². The topological polar surface area (TPSA) is 27.7 Å². The van der Waals surface area contributed by atoms with Gasteiger partial charge < -0.3 is 14.2 Å². The molecule has 2 aromatic rings. The van der Waals surface area contributed by atoms with Crippen molar-refractivity contribution in [2.75, 3.05) is 6.79 Å². The number of benzene rings is 2. The van der Waals surface area contributed by atoms with Crippen LogP contribution in [-0.2, 0) is 12.0 Å². The molecule has 2 aromatic carbocycles. The fraction of sp³-hybridized carbons (Fsp3) is 0.294. The SMILES string of the molecule is CC1(c2ccc3c(c2)OCO3)CCc2ccccc2O1. The Morgan fingerprint density at radius 1 is 0.950 bits per heavy atom. The van der Waals surface area contributed by atoms with Crippen LogP contribution < -0.4 is 14.2 Å². The van der Waals surface area contributed by atoms with Gasteiger partial charge in [-0.1, -0.05) is 24.3 Å². The van der Waals surface area contributed by atoms with E-state index < -0.39 is 0 Å². The van der Waals surface area contributed by atoms with Gasteiger partial charge in [-0.2, -0.15) is 0 Å². The summed E-state index contributed by atoms with van der Waals surface area (Å²) < 4.78 is 17.1. The molecule has 0 spiro atoms. The van der Waals surface area contributed by atoms with Gasteiger partial charge in [-0.25, -0.2) is 0 Å². The standard InChI is InChI=1S/C17H16O3/c1-17(9-8-12-4-2-3-5-14(12)20-17)13-6-7-15-16(10-13)19-11-18-15/h2-7,10H,8-9,11H2,1H3. The molecule has 2 aliphatic rings. The van der Waals surface area contributed by atoms with Crippen LogP contribution in [0.1, 0.15) is 24.5 Å². The zero-order chi connectivity index (χ0) is 13.6. The predicted molar refractivity (Wildman–Crippen MR) is 75.3 cm³/mol. The fourth-order valence-corrected chi connectivity index (χ4v) is 2.91. The molecular formula is C17H16O3. The highest BCUT2D eigenvalue weighted by Gasteiger charge is 2.34. The Morgan fingerprint density at radius 2 is 1.80 bits per heavy atom. The summed E-state index contributed by atoms with van der Waals surface area (Å²) in [7, 11) is 0. The molecule has 2 aliphatic heterocycles. The van der Waals surface area contributed by atoms with Crippen molar-refractivity contribution in [1.82, 2.24) is 0 Å². The summed E-state index contributed by atoms with van der Waals surface area (Å²) in [5.41, 5.74) is 2.11. The van der Waals surface area contributed by atoms with Crippen LogP contribution in [0.2, 0.25) is 0 Å². The third-order valence-electron chi connectivity index (χ3n) is 4.16. The van der Waals surface area contributed by atoms with E-state index in [1.54, 1.807) is 0 Å². The molecular weight excluding hydrogens is 252 g/mol. The number of para-hydroxylation sites is 1. The Bertz CT molecular complexity index is 665. The molecule has 1 unspecified atom stereocenters. The number of aryl methyl sites for hydroxylation is 1. The number of rotatable bonds is 1. The summed E-state index contributed by atoms with van der Waals surface area (Å²) in [6, 6.07) is 14.3. The highest BCUT2D eigenvalue weighted by Crippen LogP contribution is 2.42. The van der Waals surface area contributed by atoms with Gasteiger partial charge in [-0.15, -0.1) is 0 Å². The van der Waals surface area contributed by atoms with Crippen LogP contribution in [0, 0.1) is 0 Å². The normalized spacial score (nSPS) is 23.1. The third kappa shape index (κ3) is 1.73. The lowest BCUT2D eigenvalue weighted by molar-refractivity contribution is 0.0623. The lowest BCUT2D eigenvalue weighted by Gasteiger charge is -2.36. The lowest BCUT2D eigenvalue weighted by Crippen LogP contribution is -2.33. The van der Waals surface area contributed by atoms with E-state index in [4.69, 9.17) is 14.2 Å². The number of hydrogen-bond acceptors (Lipinski definition) is 3. The summed E-state index contributed by atoms with van der Waals surface area (Å²) >= 11 is 0. The summed E-state index contributed by atoms with van der Waals surface area (Å²) in [4.78, 5) is 0. The van der Waals surface area contributed by atoms with E-state index in [1.807, 2.05) is 24.3 Å². The Labute approximate surface area is 118 Å². The van der Waals surface area contributed by atoms with Crippen molar-refractivity contribution in [2.45, 2.75) is 25.4 Å². The Kier molecular flexibility index (Phi) is 2.43. The molecule has 0 bridgehead atoms. The van der Waals surface area contributed by atoms with Gasteiger partial charge in [0, 0.05) is 0 Å². The lowest BCUT2D eigenvalue weighted by atomic mass is 9.86. The summed E-state index contributed by atoms with van der Waals surface area (Å²) in [5.74, 6) is 2.61. The average Bonchev–Trinajstić information content (AvgIpc) is 2.94. The van der Waals surface area contributed by atoms with Crippen molar-refractivity contribution in [3.63, 3.8) is 0 Å². The predicted octanol–water partition coefficient (Wildman–Crippen LogP) is 3.66. The van der Waals surface area contributed by atoms with E-state index in [9.17, 15) is 0 Å². The molecule has 1 atom stereocenters. The monoisotopic (exact) mass is 268 g/mol. The van der Waals surface area contributed by atoms with Gasteiger partial charge in [0.1, 0.15) is 11.4 Å². The molecule has 0 amide bonds. The number of ether oxygens (including phenoxy) is 3. The van der Waals surface area contributed by atoms with E-state index >= 15 is 0 Å². The van der Waals surface area contributed by atoms with E-state index in [2.05, 4.69) is 25.1 Å². The Morgan fingerprint density at radius 3 is 2.75 bits per heavy atom. The quantitative estimate of drug-likeness (QED) is 0.790. The molecule has 3 heteroatoms. The van der Waals surface area contributed by atoms with Crippen molar-refractivity contribution in [2.24, 2.45) is 0 Å². The fourth-order valence-electron chi connectivity index (χ4n) is 2.91. The first-order valence-corrected chi connectivity index (χ1v) is 6.92. The molecule has 0 radical (unpaired) electrons. The van der Waals surface area contributed by atoms with Gasteiger partial charge in [0.25, 0.3) is 0 Å². The second-order valence-electron chi connectivity index (χ2n) is 5.51. The van der Waals surface area contributed by atoms with Gasteiger partial charge in [0.05, 0.1) is 0 Å². The molecule has 0 fully saturated rings. The molecule has 0 aliphatic carbocycles. The first-order valence-electron chi connectivity index (χ1n) is 6.92. The van der Waals surface area contributed by atoms with E-state index in [0.717, 1.165) is 35.7 Å². The molecule has 102 valence electrons. The van der Waals surface area contributed by atoms with Crippen LogP contribution in [0.3, 0.4) is 0 Å². The van der Waals surface area contributed by atoms with Crippen LogP contribution in [0.25, 0.3) is 0 Å². The van der Waals surface area contributed by atoms with Crippen LogP contribution >= 0.6 is 0 Å². The first-order chi connectivity index (χ1) is 9.74. The average molecular weight is 268 g/mol. The van der Waals surface area contributed by atoms with Gasteiger partial charge in [-0.3, -0.25) is 0 Å². The van der Waals surface area contributed by atoms with Gasteiger partial charge in [-0.05, 0) is 49.1 Å². The molecule has 20 heavy (non-hydrogen) atoms. The molecule has 0 N–H and O–H groups in total. The first kappa shape index (κ1) is 11.6. The van der Waals surface area contributed by atoms with Gasteiger partial charge >= 0.3 is 0 Å². The molecule has 2 heterocycles. The summed E-state index contributed by atoms with van der Waals surface area (Å²) in [6.45, 7) is 2.44. The summed E-state index contributed by atoms with van der Waals surface area (Å²) in [6.07, 6.45) is 1.99. The van der Waals surface area contributed by atoms with Crippen molar-refractivity contribution in [1.29, 1.82) is 0 Å². The second kappa shape index (κ2) is 4.17. The molecule has 3 nitrogen and oxygen atoms in total. The highest BCUT2D eigenvalue weighted by atomic mass is 16.7. The molecule has 0 saturated heterocycles. The van der Waals surface area contributed by atoms with Crippen molar-refractivity contribution in [3.05, 3.63) is 53.6 Å². The minimum absolute atomic E-state index is 0.305. The molecule has 0 aromatic heterocycles. The maximum atomic E-state index is 6.27. The minimum atomic E-state index is -0.310. The zero-order valence-corrected chi connectivity index (χ0v) is 11.4. The second-order valence-corrected chi connectivity index (χ2v) is 5.51. The highest BCUT2D eigenvalue weighted by molar-refractivity contribution is 5.47. The third-order valence-corrected chi connectivity index (χ3v) is 4.16. The summed E-state index contributed by atoms with van der Waals surface area (Å²) in [5, 5.41) is 0. The maximum absolute atomic E-state index is 6.27. The van der Waals surface area contributed by atoms with Gasteiger partial charge in [0.2, 0.25) is 6.79 Å². The molecule has 4 rings (SSSR count). The Hall–Kier alpha value is -2.16. The van der Waals surface area contributed by atoms with E-state index in [0.29, 0.717) is 6.79 Å². The van der Waals surface area contributed by atoms with Crippen molar-refractivity contribution >= 4 is 0 Å². The van der Waals surface area contributed by atoms with E-state index in [1.165, 1.54) is 5.56 Å². The van der Waals surface area contributed by atoms with Crippen LogP contribution in [0.5, 0.6) is 17.2 Å². The smallest absolute Gasteiger partial charge is 0.231 e. The largest absolute Gasteiger partial charge is 0.483 e. The van der Waals surface area contributed by atoms with E-state index in [-0.39, 0.29) is 5.60 Å². The van der Waals surface area contributed by atoms with Crippen molar-refractivity contribution in [3.8, 4) is 17.2 Å². The molecule has 0 saturated carbocycles. The Balaban J connectivity index is 1.72. The minimum Gasteiger partial charge on any atom is -0.483 e. The zero-order valence-electron chi connectivity index (χ0n) is 11.4. The maximum Gasteiger partial charge on any atom is 0.231 e. The van der Waals surface area contributed by atoms with Crippen LogP contribution in [0.15, 0.2) is 42.5 Å².